The Hall–Kier alpha value is -1.43. The van der Waals surface area contributed by atoms with Gasteiger partial charge in [0.1, 0.15) is 0 Å². The summed E-state index contributed by atoms with van der Waals surface area (Å²) in [5.41, 5.74) is 5.53. The number of primary amides is 1. The van der Waals surface area contributed by atoms with Crippen LogP contribution < -0.4 is 11.1 Å². The van der Waals surface area contributed by atoms with Gasteiger partial charge in [-0.2, -0.15) is 0 Å². The maximum Gasteiger partial charge on any atom is 0.289 e. The van der Waals surface area contributed by atoms with Gasteiger partial charge in [0.25, 0.3) is 5.91 Å². The normalized spacial score (nSPS) is 26.9. The summed E-state index contributed by atoms with van der Waals surface area (Å²) < 4.78 is 0. The van der Waals surface area contributed by atoms with Crippen molar-refractivity contribution in [2.45, 2.75) is 82.3 Å². The van der Waals surface area contributed by atoms with Gasteiger partial charge in [0.15, 0.2) is 0 Å². The molecule has 6 nitrogen and oxygen atoms in total. The van der Waals surface area contributed by atoms with Gasteiger partial charge in [-0.15, -0.1) is 0 Å². The van der Waals surface area contributed by atoms with Gasteiger partial charge in [0.05, 0.1) is 12.1 Å². The number of rotatable bonds is 7. The summed E-state index contributed by atoms with van der Waals surface area (Å²) in [6.07, 6.45) is 10.0. The molecule has 3 fully saturated rings. The number of hydrogen-bond acceptors (Lipinski definition) is 4. The molecule has 2 saturated carbocycles. The summed E-state index contributed by atoms with van der Waals surface area (Å²) in [5, 5.41) is 2.81. The first-order valence-electron chi connectivity index (χ1n) is 9.46. The second-order valence-electron chi connectivity index (χ2n) is 7.67. The molecule has 2 aliphatic carbocycles. The third-order valence-electron chi connectivity index (χ3n) is 5.74. The molecule has 24 heavy (non-hydrogen) atoms. The van der Waals surface area contributed by atoms with E-state index in [1.54, 1.807) is 0 Å². The number of nitrogens with one attached hydrogen (secondary N) is 1. The van der Waals surface area contributed by atoms with Crippen LogP contribution in [0.3, 0.4) is 0 Å². The van der Waals surface area contributed by atoms with Gasteiger partial charge in [0, 0.05) is 6.04 Å². The van der Waals surface area contributed by atoms with Gasteiger partial charge in [-0.05, 0) is 44.6 Å². The lowest BCUT2D eigenvalue weighted by Crippen LogP contribution is -2.53. The summed E-state index contributed by atoms with van der Waals surface area (Å²) in [6, 6.07) is -0.731. The average molecular weight is 335 g/mol. The first kappa shape index (κ1) is 17.4. The van der Waals surface area contributed by atoms with E-state index in [0.29, 0.717) is 25.3 Å². The maximum atomic E-state index is 12.8. The highest BCUT2D eigenvalue weighted by molar-refractivity contribution is 6.38. The fraction of sp³-hybridized carbons (Fsp3) is 0.833. The minimum absolute atomic E-state index is 0.169. The molecule has 1 aliphatic heterocycles. The summed E-state index contributed by atoms with van der Waals surface area (Å²) >= 11 is 0. The molecule has 0 aromatic heterocycles. The Kier molecular flexibility index (Phi) is 5.54. The van der Waals surface area contributed by atoms with Crippen molar-refractivity contribution in [3.05, 3.63) is 0 Å². The molecule has 3 N–H and O–H groups in total. The number of nitrogens with two attached hydrogens (primary N) is 1. The van der Waals surface area contributed by atoms with Crippen LogP contribution in [0.2, 0.25) is 0 Å². The number of ketones is 1. The molecule has 1 heterocycles. The smallest absolute Gasteiger partial charge is 0.289 e. The van der Waals surface area contributed by atoms with E-state index in [-0.39, 0.29) is 17.7 Å². The van der Waals surface area contributed by atoms with E-state index in [4.69, 9.17) is 5.73 Å². The lowest BCUT2D eigenvalue weighted by molar-refractivity contribution is -0.142. The number of amides is 2. The fourth-order valence-corrected chi connectivity index (χ4v) is 4.23. The van der Waals surface area contributed by atoms with E-state index in [2.05, 4.69) is 5.32 Å². The van der Waals surface area contributed by atoms with Crippen molar-refractivity contribution in [2.75, 3.05) is 6.54 Å². The topological polar surface area (TPSA) is 92.5 Å². The molecule has 0 aromatic carbocycles. The van der Waals surface area contributed by atoms with Crippen LogP contribution in [0.15, 0.2) is 0 Å². The van der Waals surface area contributed by atoms with Crippen LogP contribution >= 0.6 is 0 Å². The zero-order valence-electron chi connectivity index (χ0n) is 14.3. The predicted octanol–water partition coefficient (Wildman–Crippen LogP) is 1.12. The molecular weight excluding hydrogens is 306 g/mol. The Bertz CT molecular complexity index is 498. The third kappa shape index (κ3) is 4.15. The molecule has 3 rings (SSSR count). The van der Waals surface area contributed by atoms with E-state index < -0.39 is 18.0 Å². The lowest BCUT2D eigenvalue weighted by atomic mass is 9.83. The minimum Gasteiger partial charge on any atom is -0.368 e. The zero-order valence-corrected chi connectivity index (χ0v) is 14.3. The molecule has 1 unspecified atom stereocenters. The molecule has 0 radical (unpaired) electrons. The van der Waals surface area contributed by atoms with E-state index in [1.807, 2.05) is 4.90 Å². The molecule has 6 heteroatoms. The number of nitrogens with zero attached hydrogens (tertiary/aromatic N) is 1. The van der Waals surface area contributed by atoms with E-state index >= 15 is 0 Å². The summed E-state index contributed by atoms with van der Waals surface area (Å²) in [4.78, 5) is 38.8. The number of carbonyl (C=O) groups is 3. The molecule has 0 bridgehead atoms. The van der Waals surface area contributed by atoms with Crippen molar-refractivity contribution in [3.63, 3.8) is 0 Å². The van der Waals surface area contributed by atoms with Gasteiger partial charge in [-0.1, -0.05) is 32.1 Å². The molecule has 0 aromatic rings. The number of likely N-dealkylation sites (tertiary alicyclic amines) is 1. The molecule has 2 amide bonds. The molecule has 1 saturated heterocycles. The molecule has 2 atom stereocenters. The van der Waals surface area contributed by atoms with Gasteiger partial charge in [-0.3, -0.25) is 19.3 Å². The van der Waals surface area contributed by atoms with Crippen LogP contribution in [0.25, 0.3) is 0 Å². The van der Waals surface area contributed by atoms with Crippen molar-refractivity contribution in [3.8, 4) is 0 Å². The van der Waals surface area contributed by atoms with Crippen molar-refractivity contribution >= 4 is 17.6 Å². The molecule has 0 spiro atoms. The highest BCUT2D eigenvalue weighted by atomic mass is 16.2. The second-order valence-corrected chi connectivity index (χ2v) is 7.67. The number of hydrogen-bond donors (Lipinski definition) is 2. The molecule has 134 valence electrons. The Morgan fingerprint density at radius 2 is 1.71 bits per heavy atom. The van der Waals surface area contributed by atoms with E-state index in [1.165, 1.54) is 19.3 Å². The quantitative estimate of drug-likeness (QED) is 0.682. The van der Waals surface area contributed by atoms with E-state index in [9.17, 15) is 14.4 Å². The van der Waals surface area contributed by atoms with Gasteiger partial charge < -0.3 is 11.1 Å². The standard InChI is InChI=1S/C18H29N3O3/c19-17(23)14-7-4-10-21(14)15(11-12-5-2-1-3-6-12)16(22)18(24)20-13-8-9-13/h12-15H,1-11H2,(H2,19,23)(H,20,24)/t14?,15-/m0/s1. The fourth-order valence-electron chi connectivity index (χ4n) is 4.23. The van der Waals surface area contributed by atoms with Crippen molar-refractivity contribution < 1.29 is 14.4 Å². The van der Waals surface area contributed by atoms with Crippen LogP contribution in [-0.4, -0.2) is 47.2 Å². The van der Waals surface area contributed by atoms with Crippen LogP contribution in [-0.2, 0) is 14.4 Å². The third-order valence-corrected chi connectivity index (χ3v) is 5.74. The van der Waals surface area contributed by atoms with Crippen LogP contribution in [0, 0.1) is 5.92 Å². The largest absolute Gasteiger partial charge is 0.368 e. The Labute approximate surface area is 143 Å². The monoisotopic (exact) mass is 335 g/mol. The SMILES string of the molecule is NC(=O)C1CCCN1[C@@H](CC1CCCCC1)C(=O)C(=O)NC1CC1. The number of carbonyl (C=O) groups excluding carboxylic acids is 3. The minimum atomic E-state index is -0.494. The van der Waals surface area contributed by atoms with Crippen molar-refractivity contribution in [2.24, 2.45) is 11.7 Å². The van der Waals surface area contributed by atoms with Crippen LogP contribution in [0.5, 0.6) is 0 Å². The molecular formula is C18H29N3O3. The average Bonchev–Trinajstić information content (AvgIpc) is 3.25. The Morgan fingerprint density at radius 3 is 2.33 bits per heavy atom. The van der Waals surface area contributed by atoms with Crippen molar-refractivity contribution in [1.29, 1.82) is 0 Å². The highest BCUT2D eigenvalue weighted by Crippen LogP contribution is 2.31. The summed E-state index contributed by atoms with van der Waals surface area (Å²) in [7, 11) is 0. The summed E-state index contributed by atoms with van der Waals surface area (Å²) in [6.45, 7) is 0.674. The zero-order chi connectivity index (χ0) is 17.1. The first-order valence-corrected chi connectivity index (χ1v) is 9.46. The Balaban J connectivity index is 1.72. The van der Waals surface area contributed by atoms with Crippen molar-refractivity contribution in [1.82, 2.24) is 10.2 Å². The van der Waals surface area contributed by atoms with Crippen LogP contribution in [0.1, 0.15) is 64.2 Å². The lowest BCUT2D eigenvalue weighted by Gasteiger charge is -2.33. The Morgan fingerprint density at radius 1 is 1.00 bits per heavy atom. The first-order chi connectivity index (χ1) is 11.6. The predicted molar refractivity (Wildman–Crippen MR) is 90.1 cm³/mol. The summed E-state index contributed by atoms with van der Waals surface area (Å²) in [5.74, 6) is -0.763. The maximum absolute atomic E-state index is 12.8. The van der Waals surface area contributed by atoms with Crippen LogP contribution in [0.4, 0.5) is 0 Å². The second kappa shape index (κ2) is 7.64. The molecule has 3 aliphatic rings. The van der Waals surface area contributed by atoms with E-state index in [0.717, 1.165) is 32.1 Å². The number of Topliss-reactive ketones (excluding diaryl/α,β-unsaturated/α-hetero) is 1. The van der Waals surface area contributed by atoms with Gasteiger partial charge in [-0.25, -0.2) is 0 Å². The van der Waals surface area contributed by atoms with Gasteiger partial charge in [0.2, 0.25) is 11.7 Å². The van der Waals surface area contributed by atoms with Gasteiger partial charge >= 0.3 is 0 Å². The highest BCUT2D eigenvalue weighted by Gasteiger charge is 2.41.